The lowest BCUT2D eigenvalue weighted by Gasteiger charge is -2.24. The van der Waals surface area contributed by atoms with Gasteiger partial charge >= 0.3 is 0 Å². The Bertz CT molecular complexity index is 224. The standard InChI is InChI=1S/C9H14N2O2/c1-10-9(12)3-2-4-11-5-7-13-8-6-11/h4-8H2,1H3,(H,10,12). The van der Waals surface area contributed by atoms with Gasteiger partial charge in [0.15, 0.2) is 0 Å². The summed E-state index contributed by atoms with van der Waals surface area (Å²) in [6.45, 7) is 3.99. The van der Waals surface area contributed by atoms with E-state index in [2.05, 4.69) is 22.1 Å². The lowest BCUT2D eigenvalue weighted by molar-refractivity contribution is -0.115. The molecular formula is C9H14N2O2. The Morgan fingerprint density at radius 2 is 2.23 bits per heavy atom. The molecule has 0 spiro atoms. The van der Waals surface area contributed by atoms with Gasteiger partial charge in [0.05, 0.1) is 19.8 Å². The Kier molecular flexibility index (Phi) is 4.30. The fourth-order valence-electron chi connectivity index (χ4n) is 1.05. The number of amides is 1. The van der Waals surface area contributed by atoms with E-state index in [9.17, 15) is 4.79 Å². The van der Waals surface area contributed by atoms with Gasteiger partial charge in [-0.05, 0) is 5.92 Å². The van der Waals surface area contributed by atoms with Gasteiger partial charge in [-0.15, -0.1) is 0 Å². The summed E-state index contributed by atoms with van der Waals surface area (Å²) >= 11 is 0. The van der Waals surface area contributed by atoms with Crippen LogP contribution in [0.5, 0.6) is 0 Å². The van der Waals surface area contributed by atoms with Crippen molar-refractivity contribution in [1.29, 1.82) is 0 Å². The highest BCUT2D eigenvalue weighted by Crippen LogP contribution is 1.94. The molecule has 4 nitrogen and oxygen atoms in total. The molecule has 0 aliphatic carbocycles. The Morgan fingerprint density at radius 1 is 1.54 bits per heavy atom. The first-order chi connectivity index (χ1) is 6.33. The van der Waals surface area contributed by atoms with Crippen LogP contribution in [0.2, 0.25) is 0 Å². The second-order valence-electron chi connectivity index (χ2n) is 2.77. The third kappa shape index (κ3) is 3.92. The molecule has 1 heterocycles. The zero-order chi connectivity index (χ0) is 9.52. The summed E-state index contributed by atoms with van der Waals surface area (Å²) in [5.74, 6) is 5.08. The quantitative estimate of drug-likeness (QED) is 0.533. The van der Waals surface area contributed by atoms with Gasteiger partial charge in [0.1, 0.15) is 0 Å². The van der Waals surface area contributed by atoms with E-state index in [4.69, 9.17) is 4.74 Å². The molecule has 0 bridgehead atoms. The van der Waals surface area contributed by atoms with Crippen LogP contribution in [0.25, 0.3) is 0 Å². The van der Waals surface area contributed by atoms with E-state index in [1.165, 1.54) is 0 Å². The molecule has 0 radical (unpaired) electrons. The molecule has 1 amide bonds. The number of rotatable bonds is 1. The second kappa shape index (κ2) is 5.57. The second-order valence-corrected chi connectivity index (χ2v) is 2.77. The van der Waals surface area contributed by atoms with Crippen LogP contribution in [0.3, 0.4) is 0 Å². The number of hydrogen-bond acceptors (Lipinski definition) is 3. The summed E-state index contributed by atoms with van der Waals surface area (Å²) < 4.78 is 5.18. The van der Waals surface area contributed by atoms with Gasteiger partial charge in [-0.2, -0.15) is 0 Å². The molecule has 0 unspecified atom stereocenters. The van der Waals surface area contributed by atoms with Crippen molar-refractivity contribution in [3.63, 3.8) is 0 Å². The zero-order valence-corrected chi connectivity index (χ0v) is 7.80. The first-order valence-corrected chi connectivity index (χ1v) is 4.33. The lowest BCUT2D eigenvalue weighted by atomic mass is 10.4. The van der Waals surface area contributed by atoms with E-state index in [1.54, 1.807) is 7.05 Å². The summed E-state index contributed by atoms with van der Waals surface area (Å²) in [6, 6.07) is 0. The highest BCUT2D eigenvalue weighted by molar-refractivity contribution is 5.93. The molecule has 1 saturated heterocycles. The van der Waals surface area contributed by atoms with Gasteiger partial charge in [-0.1, -0.05) is 5.92 Å². The summed E-state index contributed by atoms with van der Waals surface area (Å²) in [4.78, 5) is 12.9. The third-order valence-electron chi connectivity index (χ3n) is 1.84. The van der Waals surface area contributed by atoms with Gasteiger partial charge in [-0.3, -0.25) is 9.69 Å². The van der Waals surface area contributed by atoms with Crippen LogP contribution >= 0.6 is 0 Å². The predicted molar refractivity (Wildman–Crippen MR) is 49.1 cm³/mol. The number of nitrogens with one attached hydrogen (secondary N) is 1. The molecule has 1 rings (SSSR count). The minimum absolute atomic E-state index is 0.228. The Balaban J connectivity index is 2.22. The van der Waals surface area contributed by atoms with Crippen molar-refractivity contribution in [1.82, 2.24) is 10.2 Å². The smallest absolute Gasteiger partial charge is 0.295 e. The van der Waals surface area contributed by atoms with E-state index in [0.29, 0.717) is 6.54 Å². The average Bonchev–Trinajstić information content (AvgIpc) is 2.19. The van der Waals surface area contributed by atoms with Crippen LogP contribution in [0.4, 0.5) is 0 Å². The van der Waals surface area contributed by atoms with Crippen molar-refractivity contribution in [3.8, 4) is 11.8 Å². The van der Waals surface area contributed by atoms with E-state index in [0.717, 1.165) is 26.3 Å². The van der Waals surface area contributed by atoms with Crippen molar-refractivity contribution in [3.05, 3.63) is 0 Å². The highest BCUT2D eigenvalue weighted by atomic mass is 16.5. The molecule has 0 aromatic carbocycles. The average molecular weight is 182 g/mol. The largest absolute Gasteiger partial charge is 0.379 e. The number of hydrogen-bond donors (Lipinski definition) is 1. The topological polar surface area (TPSA) is 41.6 Å². The number of morpholine rings is 1. The summed E-state index contributed by atoms with van der Waals surface area (Å²) in [6.07, 6.45) is 0. The van der Waals surface area contributed by atoms with Gasteiger partial charge in [0.25, 0.3) is 5.91 Å². The summed E-state index contributed by atoms with van der Waals surface area (Å²) in [7, 11) is 1.58. The van der Waals surface area contributed by atoms with E-state index in [-0.39, 0.29) is 5.91 Å². The Labute approximate surface area is 78.2 Å². The van der Waals surface area contributed by atoms with E-state index in [1.807, 2.05) is 0 Å². The molecule has 0 aromatic heterocycles. The van der Waals surface area contributed by atoms with Crippen molar-refractivity contribution < 1.29 is 9.53 Å². The van der Waals surface area contributed by atoms with Gasteiger partial charge in [0, 0.05) is 20.1 Å². The van der Waals surface area contributed by atoms with Crippen LogP contribution in [0.1, 0.15) is 0 Å². The first-order valence-electron chi connectivity index (χ1n) is 4.33. The molecule has 1 N–H and O–H groups in total. The maximum Gasteiger partial charge on any atom is 0.295 e. The molecule has 1 fully saturated rings. The third-order valence-corrected chi connectivity index (χ3v) is 1.84. The Hall–Kier alpha value is -1.05. The Morgan fingerprint density at radius 3 is 2.85 bits per heavy atom. The molecule has 0 aromatic rings. The monoisotopic (exact) mass is 182 g/mol. The lowest BCUT2D eigenvalue weighted by Crippen LogP contribution is -2.36. The molecule has 1 aliphatic heterocycles. The molecule has 13 heavy (non-hydrogen) atoms. The number of carbonyl (C=O) groups is 1. The predicted octanol–water partition coefficient (Wildman–Crippen LogP) is -0.932. The zero-order valence-electron chi connectivity index (χ0n) is 7.80. The fraction of sp³-hybridized carbons (Fsp3) is 0.667. The fourth-order valence-corrected chi connectivity index (χ4v) is 1.05. The molecule has 1 aliphatic rings. The molecule has 0 saturated carbocycles. The van der Waals surface area contributed by atoms with Gasteiger partial charge in [0.2, 0.25) is 0 Å². The maximum absolute atomic E-state index is 10.7. The highest BCUT2D eigenvalue weighted by Gasteiger charge is 2.07. The maximum atomic E-state index is 10.7. The van der Waals surface area contributed by atoms with Crippen LogP contribution in [0.15, 0.2) is 0 Å². The molecule has 0 atom stereocenters. The number of ether oxygens (including phenoxy) is 1. The number of nitrogens with zero attached hydrogens (tertiary/aromatic N) is 1. The van der Waals surface area contributed by atoms with Crippen LogP contribution in [-0.2, 0) is 9.53 Å². The van der Waals surface area contributed by atoms with Crippen molar-refractivity contribution in [2.24, 2.45) is 0 Å². The first kappa shape index (κ1) is 10.0. The molecule has 4 heteroatoms. The SMILES string of the molecule is CNC(=O)C#CCN1CCOCC1. The van der Waals surface area contributed by atoms with Crippen LogP contribution in [0, 0.1) is 11.8 Å². The van der Waals surface area contributed by atoms with E-state index < -0.39 is 0 Å². The molecular weight excluding hydrogens is 168 g/mol. The number of carbonyl (C=O) groups excluding carboxylic acids is 1. The van der Waals surface area contributed by atoms with Crippen LogP contribution < -0.4 is 5.32 Å². The van der Waals surface area contributed by atoms with Crippen LogP contribution in [-0.4, -0.2) is 50.7 Å². The van der Waals surface area contributed by atoms with Gasteiger partial charge < -0.3 is 10.1 Å². The van der Waals surface area contributed by atoms with Crippen molar-refractivity contribution >= 4 is 5.91 Å². The molecule has 72 valence electrons. The summed E-state index contributed by atoms with van der Waals surface area (Å²) in [5, 5.41) is 2.45. The normalized spacial score (nSPS) is 17.3. The van der Waals surface area contributed by atoms with E-state index >= 15 is 0 Å². The minimum atomic E-state index is -0.228. The van der Waals surface area contributed by atoms with Crippen molar-refractivity contribution in [2.45, 2.75) is 0 Å². The summed E-state index contributed by atoms with van der Waals surface area (Å²) in [5.41, 5.74) is 0. The van der Waals surface area contributed by atoms with Gasteiger partial charge in [-0.25, -0.2) is 0 Å². The minimum Gasteiger partial charge on any atom is -0.379 e. The van der Waals surface area contributed by atoms with Crippen molar-refractivity contribution in [2.75, 3.05) is 39.9 Å².